The Kier molecular flexibility index (Phi) is 4.10. The van der Waals surface area contributed by atoms with E-state index in [-0.39, 0.29) is 11.7 Å². The molecule has 0 saturated carbocycles. The average molecular weight is 237 g/mol. The zero-order valence-corrected chi connectivity index (χ0v) is 11.0. The highest BCUT2D eigenvalue weighted by atomic mass is 16.3. The van der Waals surface area contributed by atoms with Gasteiger partial charge in [-0.15, -0.1) is 0 Å². The van der Waals surface area contributed by atoms with Crippen LogP contribution in [0.1, 0.15) is 47.7 Å². The van der Waals surface area contributed by atoms with Gasteiger partial charge in [0.15, 0.2) is 5.78 Å². The van der Waals surface area contributed by atoms with E-state index in [2.05, 4.69) is 5.32 Å². The molecule has 4 heteroatoms. The summed E-state index contributed by atoms with van der Waals surface area (Å²) in [6.45, 7) is 8.89. The van der Waals surface area contributed by atoms with Crippen LogP contribution in [0.5, 0.6) is 0 Å². The molecule has 0 aliphatic carbocycles. The highest BCUT2D eigenvalue weighted by Gasteiger charge is 2.21. The van der Waals surface area contributed by atoms with E-state index in [1.165, 1.54) is 0 Å². The van der Waals surface area contributed by atoms with Crippen molar-refractivity contribution in [2.24, 2.45) is 0 Å². The van der Waals surface area contributed by atoms with Crippen LogP contribution in [0.4, 0.5) is 0 Å². The SMILES string of the molecule is CCC(=O)C(C)NC(=O)c1c(C)oc(C)c1C. The molecule has 0 bridgehead atoms. The van der Waals surface area contributed by atoms with Gasteiger partial charge in [-0.2, -0.15) is 0 Å². The number of hydrogen-bond acceptors (Lipinski definition) is 3. The molecule has 0 aromatic carbocycles. The quantitative estimate of drug-likeness (QED) is 0.874. The summed E-state index contributed by atoms with van der Waals surface area (Å²) in [5, 5.41) is 2.69. The number of rotatable bonds is 4. The second kappa shape index (κ2) is 5.17. The number of nitrogens with one attached hydrogen (secondary N) is 1. The summed E-state index contributed by atoms with van der Waals surface area (Å²) in [5.41, 5.74) is 1.37. The molecule has 4 nitrogen and oxygen atoms in total. The first-order chi connectivity index (χ1) is 7.88. The van der Waals surface area contributed by atoms with Crippen molar-refractivity contribution in [2.45, 2.75) is 47.1 Å². The number of Topliss-reactive ketones (excluding diaryl/α,β-unsaturated/α-hetero) is 1. The minimum atomic E-state index is -0.457. The van der Waals surface area contributed by atoms with Crippen LogP contribution < -0.4 is 5.32 Å². The second-order valence-electron chi connectivity index (χ2n) is 4.23. The largest absolute Gasteiger partial charge is 0.466 e. The fourth-order valence-corrected chi connectivity index (χ4v) is 1.78. The van der Waals surface area contributed by atoms with Crippen molar-refractivity contribution in [3.05, 3.63) is 22.6 Å². The molecule has 0 spiro atoms. The third-order valence-electron chi connectivity index (χ3n) is 2.97. The summed E-state index contributed by atoms with van der Waals surface area (Å²) in [7, 11) is 0. The molecular weight excluding hydrogens is 218 g/mol. The van der Waals surface area contributed by atoms with E-state index in [0.717, 1.165) is 11.3 Å². The predicted molar refractivity (Wildman–Crippen MR) is 65.1 cm³/mol. The third kappa shape index (κ3) is 2.75. The molecule has 1 aromatic rings. The van der Waals surface area contributed by atoms with Crippen molar-refractivity contribution in [1.82, 2.24) is 5.32 Å². The average Bonchev–Trinajstić information content (AvgIpc) is 2.51. The Hall–Kier alpha value is -1.58. The van der Waals surface area contributed by atoms with Gasteiger partial charge in [0.1, 0.15) is 11.5 Å². The fourth-order valence-electron chi connectivity index (χ4n) is 1.78. The highest BCUT2D eigenvalue weighted by molar-refractivity contribution is 5.99. The molecule has 1 aromatic heterocycles. The molecule has 0 aliphatic heterocycles. The predicted octanol–water partition coefficient (Wildman–Crippen LogP) is 2.30. The van der Waals surface area contributed by atoms with E-state index < -0.39 is 6.04 Å². The molecule has 94 valence electrons. The number of amides is 1. The maximum atomic E-state index is 12.0. The van der Waals surface area contributed by atoms with Gasteiger partial charge < -0.3 is 9.73 Å². The smallest absolute Gasteiger partial charge is 0.255 e. The van der Waals surface area contributed by atoms with Crippen molar-refractivity contribution >= 4 is 11.7 Å². The van der Waals surface area contributed by atoms with Gasteiger partial charge in [-0.3, -0.25) is 9.59 Å². The number of carbonyl (C=O) groups is 2. The molecule has 0 fully saturated rings. The molecule has 0 aliphatic rings. The van der Waals surface area contributed by atoms with Gasteiger partial charge in [-0.05, 0) is 27.7 Å². The Balaban J connectivity index is 2.87. The third-order valence-corrected chi connectivity index (χ3v) is 2.97. The molecule has 0 saturated heterocycles. The molecule has 1 N–H and O–H groups in total. The molecule has 17 heavy (non-hydrogen) atoms. The van der Waals surface area contributed by atoms with Gasteiger partial charge in [-0.25, -0.2) is 0 Å². The van der Waals surface area contributed by atoms with Crippen molar-refractivity contribution in [3.8, 4) is 0 Å². The van der Waals surface area contributed by atoms with Gasteiger partial charge in [0, 0.05) is 12.0 Å². The lowest BCUT2D eigenvalue weighted by atomic mass is 10.1. The van der Waals surface area contributed by atoms with Crippen LogP contribution >= 0.6 is 0 Å². The summed E-state index contributed by atoms with van der Waals surface area (Å²) < 4.78 is 5.39. The maximum Gasteiger partial charge on any atom is 0.255 e. The molecular formula is C13H19NO3. The van der Waals surface area contributed by atoms with E-state index in [1.807, 2.05) is 13.8 Å². The lowest BCUT2D eigenvalue weighted by molar-refractivity contribution is -0.120. The lowest BCUT2D eigenvalue weighted by Crippen LogP contribution is -2.38. The number of carbonyl (C=O) groups excluding carboxylic acids is 2. The minimum Gasteiger partial charge on any atom is -0.466 e. The van der Waals surface area contributed by atoms with Crippen LogP contribution in [0, 0.1) is 20.8 Å². The van der Waals surface area contributed by atoms with Crippen molar-refractivity contribution in [1.29, 1.82) is 0 Å². The minimum absolute atomic E-state index is 0.0221. The van der Waals surface area contributed by atoms with Crippen LogP contribution in [-0.4, -0.2) is 17.7 Å². The normalized spacial score (nSPS) is 12.3. The summed E-state index contributed by atoms with van der Waals surface area (Å²) >= 11 is 0. The maximum absolute atomic E-state index is 12.0. The van der Waals surface area contributed by atoms with Gasteiger partial charge >= 0.3 is 0 Å². The molecule has 1 heterocycles. The zero-order valence-electron chi connectivity index (χ0n) is 11.0. The van der Waals surface area contributed by atoms with Crippen molar-refractivity contribution < 1.29 is 14.0 Å². The van der Waals surface area contributed by atoms with Crippen LogP contribution in [-0.2, 0) is 4.79 Å². The first-order valence-corrected chi connectivity index (χ1v) is 5.78. The lowest BCUT2D eigenvalue weighted by Gasteiger charge is -2.11. The second-order valence-corrected chi connectivity index (χ2v) is 4.23. The van der Waals surface area contributed by atoms with Crippen molar-refractivity contribution in [2.75, 3.05) is 0 Å². The standard InChI is InChI=1S/C13H19NO3/c1-6-11(15)8(3)14-13(16)12-7(2)9(4)17-10(12)5/h8H,6H2,1-5H3,(H,14,16). The van der Waals surface area contributed by atoms with Gasteiger partial charge in [-0.1, -0.05) is 6.92 Å². The van der Waals surface area contributed by atoms with E-state index in [4.69, 9.17) is 4.42 Å². The van der Waals surface area contributed by atoms with E-state index in [1.54, 1.807) is 20.8 Å². The number of hydrogen-bond donors (Lipinski definition) is 1. The van der Waals surface area contributed by atoms with Gasteiger partial charge in [0.05, 0.1) is 11.6 Å². The number of aryl methyl sites for hydroxylation is 2. The molecule has 1 atom stereocenters. The molecule has 1 amide bonds. The number of ketones is 1. The summed E-state index contributed by atoms with van der Waals surface area (Å²) in [5.74, 6) is 1.11. The van der Waals surface area contributed by atoms with Crippen LogP contribution in [0.2, 0.25) is 0 Å². The molecule has 1 unspecified atom stereocenters. The Morgan fingerprint density at radius 1 is 1.24 bits per heavy atom. The van der Waals surface area contributed by atoms with Gasteiger partial charge in [0.2, 0.25) is 0 Å². The summed E-state index contributed by atoms with van der Waals surface area (Å²) in [6, 6.07) is -0.457. The van der Waals surface area contributed by atoms with Crippen molar-refractivity contribution in [3.63, 3.8) is 0 Å². The first kappa shape index (κ1) is 13.5. The van der Waals surface area contributed by atoms with Gasteiger partial charge in [0.25, 0.3) is 5.91 Å². The number of furan rings is 1. The van der Waals surface area contributed by atoms with Crippen LogP contribution in [0.15, 0.2) is 4.42 Å². The molecule has 0 radical (unpaired) electrons. The Morgan fingerprint density at radius 3 is 2.24 bits per heavy atom. The Labute approximate surface area is 101 Å². The van der Waals surface area contributed by atoms with E-state index >= 15 is 0 Å². The summed E-state index contributed by atoms with van der Waals surface area (Å²) in [4.78, 5) is 23.4. The van der Waals surface area contributed by atoms with Crippen LogP contribution in [0.3, 0.4) is 0 Å². The monoisotopic (exact) mass is 237 g/mol. The fraction of sp³-hybridized carbons (Fsp3) is 0.538. The van der Waals surface area contributed by atoms with E-state index in [9.17, 15) is 9.59 Å². The Morgan fingerprint density at radius 2 is 1.82 bits per heavy atom. The topological polar surface area (TPSA) is 59.3 Å². The van der Waals surface area contributed by atoms with E-state index in [0.29, 0.717) is 17.7 Å². The van der Waals surface area contributed by atoms with Crippen LogP contribution in [0.25, 0.3) is 0 Å². The highest BCUT2D eigenvalue weighted by Crippen LogP contribution is 2.20. The molecule has 1 rings (SSSR count). The Bertz CT molecular complexity index is 446. The first-order valence-electron chi connectivity index (χ1n) is 5.78. The zero-order chi connectivity index (χ0) is 13.2. The summed E-state index contributed by atoms with van der Waals surface area (Å²) in [6.07, 6.45) is 0.420.